The fraction of sp³-hybridized carbons (Fsp3) is 0.238. The summed E-state index contributed by atoms with van der Waals surface area (Å²) in [5.41, 5.74) is 8.08. The molecule has 0 unspecified atom stereocenters. The molecule has 1 aromatic carbocycles. The van der Waals surface area contributed by atoms with Gasteiger partial charge in [-0.05, 0) is 36.8 Å². The number of nitrogens with zero attached hydrogens (tertiary/aromatic N) is 5. The highest BCUT2D eigenvalue weighted by Crippen LogP contribution is 2.30. The molecule has 0 saturated carbocycles. The SMILES string of the molecule is Cc1cc2nc(N)c3c(cnn3C)c2cc1C(=O)N(C)Cc1ccc(C(F)(F)F)cn1. The quantitative estimate of drug-likeness (QED) is 0.538. The van der Waals surface area contributed by atoms with Gasteiger partial charge in [-0.15, -0.1) is 0 Å². The number of anilines is 1. The Bertz CT molecular complexity index is 1310. The first-order valence-corrected chi connectivity index (χ1v) is 9.35. The van der Waals surface area contributed by atoms with Gasteiger partial charge in [0.25, 0.3) is 5.91 Å². The average Bonchev–Trinajstić information content (AvgIpc) is 3.09. The van der Waals surface area contributed by atoms with Gasteiger partial charge in [0.2, 0.25) is 0 Å². The van der Waals surface area contributed by atoms with E-state index in [9.17, 15) is 18.0 Å². The molecule has 10 heteroatoms. The van der Waals surface area contributed by atoms with Crippen molar-refractivity contribution in [1.29, 1.82) is 0 Å². The minimum atomic E-state index is -4.45. The maximum atomic E-state index is 13.1. The molecule has 0 saturated heterocycles. The summed E-state index contributed by atoms with van der Waals surface area (Å²) in [4.78, 5) is 22.8. The van der Waals surface area contributed by atoms with Crippen LogP contribution in [0.2, 0.25) is 0 Å². The van der Waals surface area contributed by atoms with Crippen LogP contribution in [0.25, 0.3) is 21.8 Å². The van der Waals surface area contributed by atoms with Crippen molar-refractivity contribution in [3.8, 4) is 0 Å². The van der Waals surface area contributed by atoms with E-state index in [1.54, 1.807) is 44.0 Å². The van der Waals surface area contributed by atoms with Gasteiger partial charge in [-0.25, -0.2) is 4.98 Å². The Kier molecular flexibility index (Phi) is 4.79. The highest BCUT2D eigenvalue weighted by Gasteiger charge is 2.30. The molecular formula is C21H19F3N6O. The number of alkyl halides is 3. The number of amides is 1. The Balaban J connectivity index is 1.67. The molecule has 4 rings (SSSR count). The highest BCUT2D eigenvalue weighted by atomic mass is 19.4. The molecular weight excluding hydrogens is 409 g/mol. The van der Waals surface area contributed by atoms with Crippen LogP contribution >= 0.6 is 0 Å². The third kappa shape index (κ3) is 3.65. The molecule has 2 N–H and O–H groups in total. The van der Waals surface area contributed by atoms with Gasteiger partial charge in [-0.2, -0.15) is 18.3 Å². The van der Waals surface area contributed by atoms with E-state index >= 15 is 0 Å². The van der Waals surface area contributed by atoms with Crippen molar-refractivity contribution in [3.63, 3.8) is 0 Å². The number of aryl methyl sites for hydroxylation is 2. The molecule has 7 nitrogen and oxygen atoms in total. The first-order chi connectivity index (χ1) is 14.6. The van der Waals surface area contributed by atoms with Gasteiger partial charge in [0.05, 0.1) is 29.5 Å². The van der Waals surface area contributed by atoms with E-state index in [0.29, 0.717) is 33.7 Å². The van der Waals surface area contributed by atoms with E-state index in [2.05, 4.69) is 15.1 Å². The molecule has 0 spiro atoms. The predicted molar refractivity (Wildman–Crippen MR) is 110 cm³/mol. The molecule has 3 heterocycles. The minimum Gasteiger partial charge on any atom is -0.382 e. The molecule has 1 amide bonds. The summed E-state index contributed by atoms with van der Waals surface area (Å²) >= 11 is 0. The van der Waals surface area contributed by atoms with Crippen molar-refractivity contribution in [2.24, 2.45) is 7.05 Å². The predicted octanol–water partition coefficient (Wildman–Crippen LogP) is 3.70. The summed E-state index contributed by atoms with van der Waals surface area (Å²) < 4.78 is 39.8. The number of nitrogens with two attached hydrogens (primary N) is 1. The van der Waals surface area contributed by atoms with Crippen molar-refractivity contribution >= 4 is 33.5 Å². The van der Waals surface area contributed by atoms with Crippen LogP contribution in [0.15, 0.2) is 36.7 Å². The van der Waals surface area contributed by atoms with Crippen molar-refractivity contribution in [2.45, 2.75) is 19.6 Å². The van der Waals surface area contributed by atoms with E-state index in [1.807, 2.05) is 0 Å². The van der Waals surface area contributed by atoms with E-state index in [-0.39, 0.29) is 12.5 Å². The molecule has 0 aliphatic carbocycles. The zero-order chi connectivity index (χ0) is 22.5. The van der Waals surface area contributed by atoms with E-state index in [4.69, 9.17) is 5.73 Å². The number of rotatable bonds is 3. The van der Waals surface area contributed by atoms with Gasteiger partial charge in [0.15, 0.2) is 0 Å². The second-order valence-electron chi connectivity index (χ2n) is 7.41. The van der Waals surface area contributed by atoms with Gasteiger partial charge in [0, 0.05) is 36.6 Å². The number of pyridine rings is 2. The largest absolute Gasteiger partial charge is 0.417 e. The first kappa shape index (κ1) is 20.6. The molecule has 0 bridgehead atoms. The monoisotopic (exact) mass is 428 g/mol. The van der Waals surface area contributed by atoms with Crippen LogP contribution in [-0.2, 0) is 19.8 Å². The molecule has 0 radical (unpaired) electrons. The molecule has 0 fully saturated rings. The smallest absolute Gasteiger partial charge is 0.382 e. The van der Waals surface area contributed by atoms with Gasteiger partial charge in [-0.3, -0.25) is 14.5 Å². The van der Waals surface area contributed by atoms with Crippen LogP contribution < -0.4 is 5.73 Å². The van der Waals surface area contributed by atoms with E-state index < -0.39 is 11.7 Å². The number of halogens is 3. The Morgan fingerprint density at radius 1 is 1.19 bits per heavy atom. The number of hydrogen-bond acceptors (Lipinski definition) is 5. The summed E-state index contributed by atoms with van der Waals surface area (Å²) in [6, 6.07) is 5.76. The number of hydrogen-bond donors (Lipinski definition) is 1. The highest BCUT2D eigenvalue weighted by molar-refractivity contribution is 6.11. The summed E-state index contributed by atoms with van der Waals surface area (Å²) in [7, 11) is 3.34. The van der Waals surface area contributed by atoms with Gasteiger partial charge in [-0.1, -0.05) is 0 Å². The van der Waals surface area contributed by atoms with Gasteiger partial charge < -0.3 is 10.6 Å². The van der Waals surface area contributed by atoms with Gasteiger partial charge in [0.1, 0.15) is 11.3 Å². The number of nitrogen functional groups attached to an aromatic ring is 1. The fourth-order valence-corrected chi connectivity index (χ4v) is 3.56. The fourth-order valence-electron chi connectivity index (χ4n) is 3.56. The first-order valence-electron chi connectivity index (χ1n) is 9.35. The van der Waals surface area contributed by atoms with Crippen molar-refractivity contribution in [1.82, 2.24) is 24.6 Å². The van der Waals surface area contributed by atoms with Crippen LogP contribution in [0.4, 0.5) is 19.0 Å². The lowest BCUT2D eigenvalue weighted by atomic mass is 10.0. The molecule has 0 aliphatic heterocycles. The van der Waals surface area contributed by atoms with E-state index in [0.717, 1.165) is 23.0 Å². The molecule has 160 valence electrons. The number of carbonyl (C=O) groups excluding carboxylic acids is 1. The standard InChI is InChI=1S/C21H19F3N6O/c1-11-6-17-15(16-9-27-30(3)18(16)19(25)28-17)7-14(11)20(31)29(2)10-13-5-4-12(8-26-13)21(22,23)24/h4-9H,10H2,1-3H3,(H2,25,28). The molecule has 0 atom stereocenters. The zero-order valence-electron chi connectivity index (χ0n) is 17.0. The average molecular weight is 428 g/mol. The number of aromatic nitrogens is 4. The molecule has 31 heavy (non-hydrogen) atoms. The number of carbonyl (C=O) groups is 1. The Hall–Kier alpha value is -3.69. The van der Waals surface area contributed by atoms with Crippen LogP contribution in [0.1, 0.15) is 27.2 Å². The Morgan fingerprint density at radius 2 is 1.94 bits per heavy atom. The Morgan fingerprint density at radius 3 is 2.58 bits per heavy atom. The van der Waals surface area contributed by atoms with E-state index in [1.165, 1.54) is 11.0 Å². The normalized spacial score (nSPS) is 11.9. The maximum Gasteiger partial charge on any atom is 0.417 e. The summed E-state index contributed by atoms with van der Waals surface area (Å²) in [6.45, 7) is 1.86. The van der Waals surface area contributed by atoms with Crippen LogP contribution in [0, 0.1) is 6.92 Å². The lowest BCUT2D eigenvalue weighted by Crippen LogP contribution is -2.27. The third-order valence-electron chi connectivity index (χ3n) is 5.18. The second-order valence-corrected chi connectivity index (χ2v) is 7.41. The number of fused-ring (bicyclic) bond motifs is 3. The lowest BCUT2D eigenvalue weighted by molar-refractivity contribution is -0.137. The zero-order valence-corrected chi connectivity index (χ0v) is 17.0. The molecule has 3 aromatic heterocycles. The number of benzene rings is 1. The van der Waals surface area contributed by atoms with Crippen molar-refractivity contribution in [2.75, 3.05) is 12.8 Å². The van der Waals surface area contributed by atoms with Crippen molar-refractivity contribution < 1.29 is 18.0 Å². The molecule has 4 aromatic rings. The van der Waals surface area contributed by atoms with Crippen LogP contribution in [-0.4, -0.2) is 37.6 Å². The van der Waals surface area contributed by atoms with Crippen LogP contribution in [0.3, 0.4) is 0 Å². The minimum absolute atomic E-state index is 0.0662. The third-order valence-corrected chi connectivity index (χ3v) is 5.18. The topological polar surface area (TPSA) is 89.9 Å². The summed E-state index contributed by atoms with van der Waals surface area (Å²) in [5.74, 6) is 0.0708. The summed E-state index contributed by atoms with van der Waals surface area (Å²) in [5, 5.41) is 5.76. The van der Waals surface area contributed by atoms with Crippen molar-refractivity contribution in [3.05, 3.63) is 59.0 Å². The van der Waals surface area contributed by atoms with Crippen LogP contribution in [0.5, 0.6) is 0 Å². The molecule has 0 aliphatic rings. The second kappa shape index (κ2) is 7.22. The lowest BCUT2D eigenvalue weighted by Gasteiger charge is -2.19. The maximum absolute atomic E-state index is 13.1. The van der Waals surface area contributed by atoms with Gasteiger partial charge >= 0.3 is 6.18 Å². The summed E-state index contributed by atoms with van der Waals surface area (Å²) in [6.07, 6.45) is -2.01. The Labute approximate surface area is 175 Å².